The SMILES string of the molecule is COCCOC(=O)Nc1ccc2c(c1)N[C@@H](C(=O)OC)CCCC[C@H](N)c1nc-2c(C#N)[nH]1. The van der Waals surface area contributed by atoms with Gasteiger partial charge in [-0.05, 0) is 31.0 Å². The van der Waals surface area contributed by atoms with E-state index in [1.165, 1.54) is 14.2 Å². The summed E-state index contributed by atoms with van der Waals surface area (Å²) in [4.78, 5) is 32.1. The number of rotatable bonds is 5. The molecule has 2 bridgehead atoms. The third-order valence-corrected chi connectivity index (χ3v) is 5.30. The fourth-order valence-electron chi connectivity index (χ4n) is 3.59. The number of aromatic amines is 1. The lowest BCUT2D eigenvalue weighted by Crippen LogP contribution is -2.31. The number of nitrogens with one attached hydrogen (secondary N) is 3. The maximum absolute atomic E-state index is 12.4. The number of carbonyl (C=O) groups is 2. The Bertz CT molecular complexity index is 1030. The molecule has 11 heteroatoms. The molecule has 3 rings (SSSR count). The number of benzene rings is 1. The molecular weight excluding hydrogens is 428 g/mol. The number of imidazole rings is 1. The molecule has 1 amide bonds. The number of nitriles is 1. The van der Waals surface area contributed by atoms with Gasteiger partial charge in [0.15, 0.2) is 0 Å². The molecular formula is C22H28N6O5. The molecule has 1 aromatic carbocycles. The Morgan fingerprint density at radius 1 is 1.27 bits per heavy atom. The van der Waals surface area contributed by atoms with Crippen LogP contribution in [0.1, 0.15) is 43.2 Å². The Balaban J connectivity index is 2.02. The zero-order valence-corrected chi connectivity index (χ0v) is 18.6. The molecule has 0 spiro atoms. The zero-order chi connectivity index (χ0) is 23.8. The van der Waals surface area contributed by atoms with Gasteiger partial charge in [0, 0.05) is 24.0 Å². The Kier molecular flexibility index (Phi) is 8.23. The van der Waals surface area contributed by atoms with Crippen molar-refractivity contribution in [2.75, 3.05) is 38.1 Å². The summed E-state index contributed by atoms with van der Waals surface area (Å²) < 4.78 is 14.9. The molecule has 1 aliphatic rings. The van der Waals surface area contributed by atoms with Crippen LogP contribution in [0.25, 0.3) is 11.3 Å². The van der Waals surface area contributed by atoms with Crippen LogP contribution in [0.3, 0.4) is 0 Å². The van der Waals surface area contributed by atoms with Crippen molar-refractivity contribution < 1.29 is 23.8 Å². The monoisotopic (exact) mass is 456 g/mol. The fraction of sp³-hybridized carbons (Fsp3) is 0.455. The van der Waals surface area contributed by atoms with Gasteiger partial charge >= 0.3 is 12.1 Å². The molecule has 1 aromatic heterocycles. The standard InChI is InChI=1S/C22H28N6O5/c1-31-9-10-33-22(30)25-13-7-8-14-17(11-13)26-16(21(29)32-2)6-4-3-5-15(24)20-27-18(12-23)19(14)28-20/h7-8,11,15-16,26H,3-6,9-10,24H2,1-2H3,(H,25,30)(H,27,28)/t15-,16+/m0/s1. The Morgan fingerprint density at radius 3 is 2.79 bits per heavy atom. The van der Waals surface area contributed by atoms with Gasteiger partial charge < -0.3 is 30.2 Å². The largest absolute Gasteiger partial charge is 0.467 e. The van der Waals surface area contributed by atoms with Gasteiger partial charge in [0.1, 0.15) is 35.9 Å². The second kappa shape index (κ2) is 11.3. The summed E-state index contributed by atoms with van der Waals surface area (Å²) in [6.07, 6.45) is 2.05. The zero-order valence-electron chi connectivity index (χ0n) is 18.6. The molecule has 0 radical (unpaired) electrons. The van der Waals surface area contributed by atoms with E-state index in [0.29, 0.717) is 41.3 Å². The van der Waals surface area contributed by atoms with Crippen molar-refractivity contribution in [3.8, 4) is 17.3 Å². The molecule has 0 aliphatic carbocycles. The number of esters is 1. The molecule has 0 unspecified atom stereocenters. The molecule has 0 saturated heterocycles. The second-order valence-electron chi connectivity index (χ2n) is 7.58. The number of nitrogens with zero attached hydrogens (tertiary/aromatic N) is 2. The highest BCUT2D eigenvalue weighted by atomic mass is 16.6. The number of hydrogen-bond acceptors (Lipinski definition) is 9. The van der Waals surface area contributed by atoms with E-state index in [1.54, 1.807) is 18.2 Å². The number of fused-ring (bicyclic) bond motifs is 4. The predicted octanol–water partition coefficient (Wildman–Crippen LogP) is 2.67. The molecule has 5 N–H and O–H groups in total. The smallest absolute Gasteiger partial charge is 0.411 e. The third-order valence-electron chi connectivity index (χ3n) is 5.30. The van der Waals surface area contributed by atoms with Crippen molar-refractivity contribution in [1.82, 2.24) is 9.97 Å². The number of amides is 1. The summed E-state index contributed by atoms with van der Waals surface area (Å²) in [5, 5.41) is 15.5. The minimum Gasteiger partial charge on any atom is -0.467 e. The van der Waals surface area contributed by atoms with Gasteiger partial charge in [-0.15, -0.1) is 0 Å². The second-order valence-corrected chi connectivity index (χ2v) is 7.58. The van der Waals surface area contributed by atoms with E-state index in [9.17, 15) is 14.9 Å². The first-order valence-corrected chi connectivity index (χ1v) is 10.6. The number of methoxy groups -OCH3 is 2. The van der Waals surface area contributed by atoms with Crippen LogP contribution in [-0.4, -0.2) is 55.5 Å². The average molecular weight is 457 g/mol. The minimum atomic E-state index is -0.643. The number of carbonyl (C=O) groups excluding carboxylic acids is 2. The molecule has 2 heterocycles. The van der Waals surface area contributed by atoms with Crippen LogP contribution in [0.4, 0.5) is 16.2 Å². The van der Waals surface area contributed by atoms with Gasteiger partial charge in [0.25, 0.3) is 0 Å². The summed E-state index contributed by atoms with van der Waals surface area (Å²) >= 11 is 0. The van der Waals surface area contributed by atoms with Crippen LogP contribution >= 0.6 is 0 Å². The lowest BCUT2D eigenvalue weighted by Gasteiger charge is -2.21. The highest BCUT2D eigenvalue weighted by Crippen LogP contribution is 2.34. The molecule has 11 nitrogen and oxygen atoms in total. The van der Waals surface area contributed by atoms with E-state index >= 15 is 0 Å². The molecule has 0 saturated carbocycles. The summed E-state index contributed by atoms with van der Waals surface area (Å²) in [6, 6.07) is 6.16. The van der Waals surface area contributed by atoms with Crippen LogP contribution in [0.2, 0.25) is 0 Å². The van der Waals surface area contributed by atoms with E-state index < -0.39 is 18.1 Å². The maximum Gasteiger partial charge on any atom is 0.411 e. The molecule has 1 aliphatic heterocycles. The van der Waals surface area contributed by atoms with Gasteiger partial charge in [0.05, 0.1) is 19.8 Å². The predicted molar refractivity (Wildman–Crippen MR) is 120 cm³/mol. The first-order chi connectivity index (χ1) is 16.0. The van der Waals surface area contributed by atoms with Gasteiger partial charge in [-0.2, -0.15) is 5.26 Å². The lowest BCUT2D eigenvalue weighted by molar-refractivity contribution is -0.141. The summed E-state index contributed by atoms with van der Waals surface area (Å²) in [6.45, 7) is 0.387. The highest BCUT2D eigenvalue weighted by Gasteiger charge is 2.25. The number of H-pyrrole nitrogens is 1. The summed E-state index contributed by atoms with van der Waals surface area (Å²) in [5.74, 6) is 0.115. The lowest BCUT2D eigenvalue weighted by atomic mass is 10.0. The van der Waals surface area contributed by atoms with Crippen LogP contribution < -0.4 is 16.4 Å². The normalized spacial score (nSPS) is 17.9. The average Bonchev–Trinajstić information content (AvgIpc) is 3.24. The molecule has 2 atom stereocenters. The Hall–Kier alpha value is -3.62. The Labute approximate surface area is 191 Å². The Morgan fingerprint density at radius 2 is 2.06 bits per heavy atom. The third kappa shape index (κ3) is 6.00. The van der Waals surface area contributed by atoms with Crippen molar-refractivity contribution in [1.29, 1.82) is 5.26 Å². The summed E-state index contributed by atoms with van der Waals surface area (Å²) in [7, 11) is 2.84. The van der Waals surface area contributed by atoms with E-state index in [4.69, 9.17) is 19.9 Å². The number of nitrogens with two attached hydrogens (primary N) is 1. The van der Waals surface area contributed by atoms with Crippen molar-refractivity contribution in [2.24, 2.45) is 5.73 Å². The molecule has 2 aromatic rings. The van der Waals surface area contributed by atoms with Crippen molar-refractivity contribution in [3.63, 3.8) is 0 Å². The number of aromatic nitrogens is 2. The number of hydrogen-bond donors (Lipinski definition) is 4. The van der Waals surface area contributed by atoms with Gasteiger partial charge in [-0.1, -0.05) is 12.8 Å². The van der Waals surface area contributed by atoms with Gasteiger partial charge in [-0.25, -0.2) is 14.6 Å². The molecule has 33 heavy (non-hydrogen) atoms. The van der Waals surface area contributed by atoms with Gasteiger partial charge in [0.2, 0.25) is 0 Å². The fourth-order valence-corrected chi connectivity index (χ4v) is 3.59. The number of ether oxygens (including phenoxy) is 3. The van der Waals surface area contributed by atoms with E-state index in [-0.39, 0.29) is 24.9 Å². The topological polar surface area (TPSA) is 164 Å². The summed E-state index contributed by atoms with van der Waals surface area (Å²) in [5.41, 5.74) is 8.46. The van der Waals surface area contributed by atoms with Crippen LogP contribution in [0, 0.1) is 11.3 Å². The van der Waals surface area contributed by atoms with Crippen molar-refractivity contribution in [2.45, 2.75) is 37.8 Å². The highest BCUT2D eigenvalue weighted by molar-refractivity contribution is 5.90. The van der Waals surface area contributed by atoms with Gasteiger partial charge in [-0.3, -0.25) is 5.32 Å². The van der Waals surface area contributed by atoms with E-state index in [0.717, 1.165) is 12.8 Å². The number of anilines is 2. The van der Waals surface area contributed by atoms with Crippen molar-refractivity contribution in [3.05, 3.63) is 29.7 Å². The van der Waals surface area contributed by atoms with Crippen molar-refractivity contribution >= 4 is 23.4 Å². The maximum atomic E-state index is 12.4. The quantitative estimate of drug-likeness (QED) is 0.391. The molecule has 176 valence electrons. The first-order valence-electron chi connectivity index (χ1n) is 10.6. The van der Waals surface area contributed by atoms with Crippen LogP contribution in [-0.2, 0) is 19.0 Å². The van der Waals surface area contributed by atoms with E-state index in [2.05, 4.69) is 26.7 Å². The first kappa shape index (κ1) is 24.0. The van der Waals surface area contributed by atoms with Crippen LogP contribution in [0.15, 0.2) is 18.2 Å². The van der Waals surface area contributed by atoms with Crippen LogP contribution in [0.5, 0.6) is 0 Å². The minimum absolute atomic E-state index is 0.109. The molecule has 0 fully saturated rings. The van der Waals surface area contributed by atoms with E-state index in [1.807, 2.05) is 0 Å².